The van der Waals surface area contributed by atoms with E-state index in [1.54, 1.807) is 37.7 Å². The van der Waals surface area contributed by atoms with Gasteiger partial charge in [-0.15, -0.1) is 11.3 Å². The quantitative estimate of drug-likeness (QED) is 0.804. The Morgan fingerprint density at radius 3 is 2.78 bits per heavy atom. The zero-order valence-electron chi connectivity index (χ0n) is 15.9. The van der Waals surface area contributed by atoms with Crippen molar-refractivity contribution in [3.63, 3.8) is 0 Å². The van der Waals surface area contributed by atoms with Crippen molar-refractivity contribution in [3.05, 3.63) is 39.8 Å². The summed E-state index contributed by atoms with van der Waals surface area (Å²) in [6, 6.07) is 7.73. The minimum Gasteiger partial charge on any atom is -0.493 e. The van der Waals surface area contributed by atoms with E-state index in [0.29, 0.717) is 28.0 Å². The normalized spacial score (nSPS) is 15.6. The topological polar surface area (TPSA) is 71.3 Å². The molecule has 0 fully saturated rings. The number of ether oxygens (including phenoxy) is 2. The van der Waals surface area contributed by atoms with Crippen LogP contribution in [0.1, 0.15) is 41.3 Å². The van der Waals surface area contributed by atoms with Gasteiger partial charge in [-0.1, -0.05) is 19.4 Å². The molecule has 0 radical (unpaired) electrons. The van der Waals surface area contributed by atoms with Crippen LogP contribution in [0.25, 0.3) is 0 Å². The van der Waals surface area contributed by atoms with Gasteiger partial charge in [-0.3, -0.25) is 4.79 Å². The molecule has 1 aliphatic carbocycles. The van der Waals surface area contributed by atoms with Gasteiger partial charge in [0.15, 0.2) is 11.5 Å². The van der Waals surface area contributed by atoms with E-state index in [0.717, 1.165) is 36.8 Å². The van der Waals surface area contributed by atoms with Crippen LogP contribution in [0.2, 0.25) is 0 Å². The fraction of sp³-hybridized carbons (Fsp3) is 0.429. The molecule has 0 saturated carbocycles. The average Bonchev–Trinajstić information content (AvgIpc) is 3.03. The number of rotatable bonds is 6. The van der Waals surface area contributed by atoms with E-state index < -0.39 is 0 Å². The molecule has 0 spiro atoms. The van der Waals surface area contributed by atoms with Crippen molar-refractivity contribution in [3.8, 4) is 17.6 Å². The number of carbonyl (C=O) groups excluding carboxylic acids is 1. The fourth-order valence-electron chi connectivity index (χ4n) is 3.56. The molecule has 1 N–H and O–H groups in total. The van der Waals surface area contributed by atoms with Crippen LogP contribution in [-0.4, -0.2) is 20.1 Å². The number of anilines is 1. The van der Waals surface area contributed by atoms with E-state index in [9.17, 15) is 10.1 Å². The Morgan fingerprint density at radius 2 is 2.11 bits per heavy atom. The smallest absolute Gasteiger partial charge is 0.229 e. The lowest BCUT2D eigenvalue weighted by atomic mass is 9.86. The summed E-state index contributed by atoms with van der Waals surface area (Å²) >= 11 is 1.56. The first kappa shape index (κ1) is 19.2. The van der Waals surface area contributed by atoms with Crippen molar-refractivity contribution in [2.75, 3.05) is 19.5 Å². The van der Waals surface area contributed by atoms with Gasteiger partial charge in [0.1, 0.15) is 11.1 Å². The molecule has 1 amide bonds. The summed E-state index contributed by atoms with van der Waals surface area (Å²) in [5, 5.41) is 13.2. The number of hydrogen-bond acceptors (Lipinski definition) is 5. The molecular formula is C21H24N2O3S. The van der Waals surface area contributed by atoms with Gasteiger partial charge in [-0.25, -0.2) is 0 Å². The summed E-state index contributed by atoms with van der Waals surface area (Å²) in [4.78, 5) is 13.8. The number of nitrogens with zero attached hydrogens (tertiary/aromatic N) is 1. The number of thiophene rings is 1. The monoisotopic (exact) mass is 384 g/mol. The van der Waals surface area contributed by atoms with Gasteiger partial charge in [-0.2, -0.15) is 5.26 Å². The van der Waals surface area contributed by atoms with Gasteiger partial charge in [-0.05, 0) is 48.4 Å². The first-order valence-electron chi connectivity index (χ1n) is 9.14. The van der Waals surface area contributed by atoms with Gasteiger partial charge in [0.05, 0.1) is 26.2 Å². The Balaban J connectivity index is 1.75. The molecule has 5 nitrogen and oxygen atoms in total. The largest absolute Gasteiger partial charge is 0.493 e. The highest BCUT2D eigenvalue weighted by molar-refractivity contribution is 7.16. The first-order chi connectivity index (χ1) is 13.1. The highest BCUT2D eigenvalue weighted by atomic mass is 32.1. The second kappa shape index (κ2) is 8.45. The molecule has 1 aliphatic rings. The lowest BCUT2D eigenvalue weighted by Gasteiger charge is -2.20. The van der Waals surface area contributed by atoms with Crippen molar-refractivity contribution in [2.45, 2.75) is 39.0 Å². The lowest BCUT2D eigenvalue weighted by Crippen LogP contribution is -2.14. The standard InChI is InChI=1S/C21H24N2O3S/c1-4-13-5-7-15-16(12-22)21(27-19(15)10-13)23-20(24)11-14-6-8-17(25-2)18(9-14)26-3/h6,8-9,13H,4-5,7,10-11H2,1-3H3,(H,23,24). The number of fused-ring (bicyclic) bond motifs is 1. The van der Waals surface area contributed by atoms with E-state index in [-0.39, 0.29) is 12.3 Å². The summed E-state index contributed by atoms with van der Waals surface area (Å²) in [5.74, 6) is 1.77. The van der Waals surface area contributed by atoms with E-state index in [4.69, 9.17) is 9.47 Å². The van der Waals surface area contributed by atoms with Crippen molar-refractivity contribution in [1.82, 2.24) is 0 Å². The number of methoxy groups -OCH3 is 2. The SMILES string of the molecule is CCC1CCc2c(sc(NC(=O)Cc3ccc(OC)c(OC)c3)c2C#N)C1. The Hall–Kier alpha value is -2.52. The Bertz CT molecular complexity index is 882. The summed E-state index contributed by atoms with van der Waals surface area (Å²) in [6.07, 6.45) is 4.43. The predicted molar refractivity (Wildman–Crippen MR) is 107 cm³/mol. The molecule has 1 aromatic carbocycles. The molecule has 6 heteroatoms. The van der Waals surface area contributed by atoms with Crippen LogP contribution in [0, 0.1) is 17.2 Å². The number of nitrogens with one attached hydrogen (secondary N) is 1. The number of benzene rings is 1. The second-order valence-corrected chi connectivity index (χ2v) is 7.86. The van der Waals surface area contributed by atoms with Crippen molar-refractivity contribution >= 4 is 22.2 Å². The molecule has 0 bridgehead atoms. The molecule has 27 heavy (non-hydrogen) atoms. The maximum Gasteiger partial charge on any atom is 0.229 e. The van der Waals surface area contributed by atoms with Crippen LogP contribution in [0.5, 0.6) is 11.5 Å². The Morgan fingerprint density at radius 1 is 1.33 bits per heavy atom. The van der Waals surface area contributed by atoms with Crippen LogP contribution in [-0.2, 0) is 24.1 Å². The zero-order chi connectivity index (χ0) is 19.4. The van der Waals surface area contributed by atoms with Crippen LogP contribution < -0.4 is 14.8 Å². The van der Waals surface area contributed by atoms with E-state index in [1.807, 2.05) is 6.07 Å². The molecule has 0 saturated heterocycles. The summed E-state index contributed by atoms with van der Waals surface area (Å²) in [7, 11) is 3.15. The number of nitriles is 1. The highest BCUT2D eigenvalue weighted by Gasteiger charge is 2.25. The fourth-order valence-corrected chi connectivity index (χ4v) is 4.88. The molecule has 1 heterocycles. The van der Waals surface area contributed by atoms with Gasteiger partial charge < -0.3 is 14.8 Å². The molecule has 1 atom stereocenters. The molecule has 2 aromatic rings. The average molecular weight is 385 g/mol. The first-order valence-corrected chi connectivity index (χ1v) is 9.96. The molecule has 1 unspecified atom stereocenters. The zero-order valence-corrected chi connectivity index (χ0v) is 16.7. The van der Waals surface area contributed by atoms with Crippen LogP contribution in [0.3, 0.4) is 0 Å². The van der Waals surface area contributed by atoms with Gasteiger partial charge in [0.25, 0.3) is 0 Å². The second-order valence-electron chi connectivity index (χ2n) is 6.75. The minimum atomic E-state index is -0.135. The van der Waals surface area contributed by atoms with Crippen LogP contribution in [0.4, 0.5) is 5.00 Å². The summed E-state index contributed by atoms with van der Waals surface area (Å²) in [5.41, 5.74) is 2.61. The van der Waals surface area contributed by atoms with Crippen LogP contribution >= 0.6 is 11.3 Å². The Labute approximate surface area is 163 Å². The molecule has 142 valence electrons. The molecular weight excluding hydrogens is 360 g/mol. The third kappa shape index (κ3) is 4.09. The molecule has 3 rings (SSSR count). The maximum absolute atomic E-state index is 12.6. The van der Waals surface area contributed by atoms with Gasteiger partial charge in [0.2, 0.25) is 5.91 Å². The highest BCUT2D eigenvalue weighted by Crippen LogP contribution is 2.40. The third-order valence-electron chi connectivity index (χ3n) is 5.12. The lowest BCUT2D eigenvalue weighted by molar-refractivity contribution is -0.115. The Kier molecular flexibility index (Phi) is 6.02. The summed E-state index contributed by atoms with van der Waals surface area (Å²) in [6.45, 7) is 2.21. The number of amides is 1. The number of hydrogen-bond donors (Lipinski definition) is 1. The predicted octanol–water partition coefficient (Wildman–Crippen LogP) is 4.33. The van der Waals surface area contributed by atoms with Gasteiger partial charge >= 0.3 is 0 Å². The minimum absolute atomic E-state index is 0.135. The van der Waals surface area contributed by atoms with E-state index >= 15 is 0 Å². The van der Waals surface area contributed by atoms with Crippen LogP contribution in [0.15, 0.2) is 18.2 Å². The number of carbonyl (C=O) groups is 1. The molecule has 1 aromatic heterocycles. The summed E-state index contributed by atoms with van der Waals surface area (Å²) < 4.78 is 10.5. The van der Waals surface area contributed by atoms with Crippen molar-refractivity contribution in [2.24, 2.45) is 5.92 Å². The van der Waals surface area contributed by atoms with Crippen molar-refractivity contribution in [1.29, 1.82) is 5.26 Å². The van der Waals surface area contributed by atoms with E-state index in [2.05, 4.69) is 18.3 Å². The third-order valence-corrected chi connectivity index (χ3v) is 6.29. The van der Waals surface area contributed by atoms with E-state index in [1.165, 1.54) is 4.88 Å². The molecule has 0 aliphatic heterocycles. The maximum atomic E-state index is 12.6. The van der Waals surface area contributed by atoms with Gasteiger partial charge in [0, 0.05) is 4.88 Å². The van der Waals surface area contributed by atoms with Crippen molar-refractivity contribution < 1.29 is 14.3 Å².